The fourth-order valence-corrected chi connectivity index (χ4v) is 5.77. The van der Waals surface area contributed by atoms with Crippen LogP contribution in [0.5, 0.6) is 0 Å². The van der Waals surface area contributed by atoms with E-state index >= 15 is 0 Å². The molecule has 6 rings (SSSR count). The van der Waals surface area contributed by atoms with Gasteiger partial charge in [0.05, 0.1) is 22.5 Å². The van der Waals surface area contributed by atoms with E-state index in [1.54, 1.807) is 0 Å². The summed E-state index contributed by atoms with van der Waals surface area (Å²) in [6.07, 6.45) is 4.78. The largest absolute Gasteiger partial charge is 0.352 e. The topological polar surface area (TPSA) is 62.2 Å². The van der Waals surface area contributed by atoms with Crippen molar-refractivity contribution >= 4 is 16.8 Å². The van der Waals surface area contributed by atoms with E-state index in [2.05, 4.69) is 39.8 Å². The second kappa shape index (κ2) is 7.46. The molecule has 2 fully saturated rings. The predicted molar refractivity (Wildman–Crippen MR) is 122 cm³/mol. The Kier molecular flexibility index (Phi) is 4.58. The first-order valence-electron chi connectivity index (χ1n) is 11.5. The van der Waals surface area contributed by atoms with E-state index in [0.29, 0.717) is 12.0 Å². The number of carbonyl (C=O) groups is 1. The first-order chi connectivity index (χ1) is 15.2. The molecule has 160 valence electrons. The molecule has 2 aromatic carbocycles. The molecule has 3 aromatic rings. The molecule has 0 bridgehead atoms. The number of benzene rings is 2. The van der Waals surface area contributed by atoms with Crippen molar-refractivity contribution in [1.29, 1.82) is 0 Å². The van der Waals surface area contributed by atoms with Gasteiger partial charge in [-0.15, -0.1) is 0 Å². The van der Waals surface area contributed by atoms with Crippen LogP contribution in [0.3, 0.4) is 0 Å². The van der Waals surface area contributed by atoms with Crippen LogP contribution in [-0.2, 0) is 13.0 Å². The number of likely N-dealkylation sites (tertiary alicyclic amines) is 1. The number of nitrogens with one attached hydrogen (secondary N) is 2. The third kappa shape index (κ3) is 3.34. The molecule has 2 N–H and O–H groups in total. The second-order valence-corrected chi connectivity index (χ2v) is 9.47. The molecule has 1 amide bonds. The minimum Gasteiger partial charge on any atom is -0.352 e. The Morgan fingerprint density at radius 2 is 1.97 bits per heavy atom. The second-order valence-electron chi connectivity index (χ2n) is 9.47. The van der Waals surface area contributed by atoms with Gasteiger partial charge in [-0.3, -0.25) is 9.69 Å². The zero-order valence-corrected chi connectivity index (χ0v) is 17.9. The molecule has 0 aliphatic carbocycles. The van der Waals surface area contributed by atoms with Crippen molar-refractivity contribution in [3.63, 3.8) is 0 Å². The van der Waals surface area contributed by atoms with E-state index in [1.807, 2.05) is 22.9 Å². The SMILES string of the molecule is O=C1NCCc2c3c1cccc3nn2-c1ccc(CN2CCC3(CCCNC3)C2)cc1. The summed E-state index contributed by atoms with van der Waals surface area (Å²) in [7, 11) is 0. The number of amides is 1. The summed E-state index contributed by atoms with van der Waals surface area (Å²) in [6.45, 7) is 6.41. The fraction of sp³-hybridized carbons (Fsp3) is 0.440. The molecule has 2 saturated heterocycles. The lowest BCUT2D eigenvalue weighted by Crippen LogP contribution is -2.41. The van der Waals surface area contributed by atoms with Crippen molar-refractivity contribution in [2.24, 2.45) is 5.41 Å². The lowest BCUT2D eigenvalue weighted by molar-refractivity contribution is 0.0957. The summed E-state index contributed by atoms with van der Waals surface area (Å²) in [5, 5.41) is 12.4. The molecule has 6 heteroatoms. The van der Waals surface area contributed by atoms with Crippen LogP contribution in [0.15, 0.2) is 42.5 Å². The molecule has 1 spiro atoms. The molecular weight excluding hydrogens is 386 g/mol. The highest BCUT2D eigenvalue weighted by atomic mass is 16.1. The van der Waals surface area contributed by atoms with E-state index in [1.165, 1.54) is 51.0 Å². The number of hydrogen-bond donors (Lipinski definition) is 2. The minimum absolute atomic E-state index is 0.00389. The molecule has 1 unspecified atom stereocenters. The van der Waals surface area contributed by atoms with Gasteiger partial charge in [-0.1, -0.05) is 18.2 Å². The van der Waals surface area contributed by atoms with E-state index in [9.17, 15) is 4.79 Å². The normalized spacial score (nSPS) is 23.9. The molecule has 0 radical (unpaired) electrons. The van der Waals surface area contributed by atoms with Crippen molar-refractivity contribution in [3.8, 4) is 5.69 Å². The Morgan fingerprint density at radius 1 is 1.06 bits per heavy atom. The van der Waals surface area contributed by atoms with Crippen molar-refractivity contribution < 1.29 is 4.79 Å². The van der Waals surface area contributed by atoms with E-state index in [-0.39, 0.29) is 5.91 Å². The highest BCUT2D eigenvalue weighted by Gasteiger charge is 2.38. The maximum atomic E-state index is 12.4. The Labute approximate surface area is 182 Å². The summed E-state index contributed by atoms with van der Waals surface area (Å²) < 4.78 is 2.02. The third-order valence-electron chi connectivity index (χ3n) is 7.35. The van der Waals surface area contributed by atoms with Gasteiger partial charge in [-0.25, -0.2) is 4.68 Å². The zero-order valence-electron chi connectivity index (χ0n) is 17.9. The van der Waals surface area contributed by atoms with Crippen molar-refractivity contribution in [2.45, 2.75) is 32.2 Å². The third-order valence-corrected chi connectivity index (χ3v) is 7.35. The van der Waals surface area contributed by atoms with Crippen LogP contribution in [0, 0.1) is 5.41 Å². The molecular formula is C25H29N5O. The van der Waals surface area contributed by atoms with Crippen LogP contribution in [0.1, 0.15) is 40.9 Å². The Balaban J connectivity index is 1.25. The molecule has 31 heavy (non-hydrogen) atoms. The van der Waals surface area contributed by atoms with Crippen LogP contribution in [-0.4, -0.2) is 53.3 Å². The average Bonchev–Trinajstić information content (AvgIpc) is 3.30. The highest BCUT2D eigenvalue weighted by Crippen LogP contribution is 2.37. The maximum absolute atomic E-state index is 12.4. The quantitative estimate of drug-likeness (QED) is 0.691. The van der Waals surface area contributed by atoms with Crippen molar-refractivity contribution in [2.75, 3.05) is 32.7 Å². The van der Waals surface area contributed by atoms with E-state index in [0.717, 1.165) is 40.8 Å². The van der Waals surface area contributed by atoms with E-state index in [4.69, 9.17) is 5.10 Å². The molecule has 0 saturated carbocycles. The van der Waals surface area contributed by atoms with Gasteiger partial charge in [0, 0.05) is 38.0 Å². The number of carbonyl (C=O) groups excluding carboxylic acids is 1. The monoisotopic (exact) mass is 415 g/mol. The van der Waals surface area contributed by atoms with Crippen LogP contribution in [0.25, 0.3) is 16.6 Å². The summed E-state index contributed by atoms with van der Waals surface area (Å²) in [5.41, 5.74) is 5.64. The fourth-order valence-electron chi connectivity index (χ4n) is 5.77. The van der Waals surface area contributed by atoms with Gasteiger partial charge >= 0.3 is 0 Å². The van der Waals surface area contributed by atoms with E-state index < -0.39 is 0 Å². The van der Waals surface area contributed by atoms with Crippen LogP contribution < -0.4 is 10.6 Å². The molecule has 3 aliphatic rings. The summed E-state index contributed by atoms with van der Waals surface area (Å²) in [5.74, 6) is -0.00389. The minimum atomic E-state index is -0.00389. The Hall–Kier alpha value is -2.70. The van der Waals surface area contributed by atoms with Crippen LogP contribution in [0.2, 0.25) is 0 Å². The summed E-state index contributed by atoms with van der Waals surface area (Å²) in [4.78, 5) is 15.0. The predicted octanol–water partition coefficient (Wildman–Crippen LogP) is 2.89. The average molecular weight is 416 g/mol. The molecule has 3 aliphatic heterocycles. The Bertz CT molecular complexity index is 1130. The number of rotatable bonds is 3. The van der Waals surface area contributed by atoms with Gasteiger partial charge in [0.1, 0.15) is 0 Å². The van der Waals surface area contributed by atoms with Gasteiger partial charge in [-0.05, 0) is 67.6 Å². The Morgan fingerprint density at radius 3 is 2.81 bits per heavy atom. The molecule has 6 nitrogen and oxygen atoms in total. The van der Waals surface area contributed by atoms with Crippen LogP contribution in [0.4, 0.5) is 0 Å². The van der Waals surface area contributed by atoms with Gasteiger partial charge < -0.3 is 10.6 Å². The summed E-state index contributed by atoms with van der Waals surface area (Å²) in [6, 6.07) is 14.6. The first-order valence-corrected chi connectivity index (χ1v) is 11.5. The van der Waals surface area contributed by atoms with Gasteiger partial charge in [-0.2, -0.15) is 5.10 Å². The maximum Gasteiger partial charge on any atom is 0.252 e. The van der Waals surface area contributed by atoms with Crippen LogP contribution >= 0.6 is 0 Å². The summed E-state index contributed by atoms with van der Waals surface area (Å²) >= 11 is 0. The van der Waals surface area contributed by atoms with Gasteiger partial charge in [0.2, 0.25) is 0 Å². The van der Waals surface area contributed by atoms with Gasteiger partial charge in [0.25, 0.3) is 5.91 Å². The van der Waals surface area contributed by atoms with Crippen molar-refractivity contribution in [1.82, 2.24) is 25.3 Å². The number of hydrogen-bond acceptors (Lipinski definition) is 4. The van der Waals surface area contributed by atoms with Gasteiger partial charge in [0.15, 0.2) is 0 Å². The first kappa shape index (κ1) is 19.0. The number of nitrogens with zero attached hydrogens (tertiary/aromatic N) is 3. The zero-order chi connectivity index (χ0) is 20.8. The lowest BCUT2D eigenvalue weighted by atomic mass is 9.80. The number of piperidine rings is 1. The lowest BCUT2D eigenvalue weighted by Gasteiger charge is -2.34. The molecule has 1 atom stereocenters. The molecule has 4 heterocycles. The standard InChI is InChI=1S/C25H29N5O/c31-24-20-3-1-4-21-23(20)22(9-13-27-24)30(28-21)19-7-5-18(6-8-19)15-29-14-11-25(17-29)10-2-12-26-16-25/h1,3-8,26H,2,9-17H2,(H,27,31). The van der Waals surface area contributed by atoms with Crippen molar-refractivity contribution in [3.05, 3.63) is 59.3 Å². The molecule has 1 aromatic heterocycles. The number of aromatic nitrogens is 2. The smallest absolute Gasteiger partial charge is 0.252 e. The highest BCUT2D eigenvalue weighted by molar-refractivity contribution is 6.08.